The van der Waals surface area contributed by atoms with Crippen molar-refractivity contribution in [2.45, 2.75) is 51.6 Å². The van der Waals surface area contributed by atoms with Crippen LogP contribution in [0.3, 0.4) is 0 Å². The van der Waals surface area contributed by atoms with Crippen molar-refractivity contribution >= 4 is 17.7 Å². The Kier molecular flexibility index (Phi) is 4.69. The number of rotatable bonds is 4. The van der Waals surface area contributed by atoms with E-state index in [0.29, 0.717) is 55.8 Å². The number of carbonyl (C=O) groups is 3. The van der Waals surface area contributed by atoms with Gasteiger partial charge in [0.1, 0.15) is 0 Å². The highest BCUT2D eigenvalue weighted by Gasteiger charge is 2.36. The van der Waals surface area contributed by atoms with Gasteiger partial charge in [-0.2, -0.15) is 0 Å². The Morgan fingerprint density at radius 1 is 1.24 bits per heavy atom. The molecule has 0 aromatic carbocycles. The first-order valence-electron chi connectivity index (χ1n) is 8.63. The molecule has 1 saturated heterocycles. The van der Waals surface area contributed by atoms with Crippen LogP contribution in [0.2, 0.25) is 0 Å². The first kappa shape index (κ1) is 17.7. The number of fused-ring (bicyclic) bond motifs is 1. The van der Waals surface area contributed by atoms with Gasteiger partial charge in [-0.05, 0) is 45.1 Å². The number of amides is 1. The second kappa shape index (κ2) is 6.63. The molecular weight excluding hydrogens is 324 g/mol. The summed E-state index contributed by atoms with van der Waals surface area (Å²) in [5.41, 5.74) is 1.61. The van der Waals surface area contributed by atoms with Gasteiger partial charge in [-0.3, -0.25) is 9.59 Å². The fourth-order valence-electron chi connectivity index (χ4n) is 3.77. The Morgan fingerprint density at radius 2 is 1.92 bits per heavy atom. The van der Waals surface area contributed by atoms with Gasteiger partial charge in [-0.15, -0.1) is 0 Å². The predicted octanol–water partition coefficient (Wildman–Crippen LogP) is 1.40. The second-order valence-electron chi connectivity index (χ2n) is 7.00. The maximum absolute atomic E-state index is 12.8. The summed E-state index contributed by atoms with van der Waals surface area (Å²) in [7, 11) is 1.32. The average Bonchev–Trinajstić information content (AvgIpc) is 3.13. The molecule has 0 saturated carbocycles. The van der Waals surface area contributed by atoms with Gasteiger partial charge in [0.05, 0.1) is 18.4 Å². The van der Waals surface area contributed by atoms with E-state index < -0.39 is 23.2 Å². The fraction of sp³-hybridized carbons (Fsp3) is 0.611. The van der Waals surface area contributed by atoms with Gasteiger partial charge in [0.15, 0.2) is 0 Å². The molecule has 1 fully saturated rings. The van der Waals surface area contributed by atoms with Gasteiger partial charge in [0.25, 0.3) is 11.7 Å². The molecule has 0 atom stereocenters. The number of hydrogen-bond acceptors (Lipinski definition) is 5. The van der Waals surface area contributed by atoms with Crippen molar-refractivity contribution in [3.63, 3.8) is 0 Å². The van der Waals surface area contributed by atoms with E-state index in [-0.39, 0.29) is 0 Å². The molecule has 7 heteroatoms. The van der Waals surface area contributed by atoms with Gasteiger partial charge in [-0.1, -0.05) is 0 Å². The maximum atomic E-state index is 12.8. The molecule has 136 valence electrons. The molecule has 7 nitrogen and oxygen atoms in total. The normalized spacial score (nSPS) is 18.5. The number of hydrogen-bond donors (Lipinski definition) is 1. The summed E-state index contributed by atoms with van der Waals surface area (Å²) in [4.78, 5) is 37.5. The monoisotopic (exact) mass is 348 g/mol. The number of aromatic nitrogens is 1. The van der Waals surface area contributed by atoms with E-state index in [1.54, 1.807) is 11.5 Å². The number of Topliss-reactive ketones (excluding diaryl/α,β-unsaturated/α-hetero) is 1. The zero-order chi connectivity index (χ0) is 18.2. The highest BCUT2D eigenvalue weighted by Crippen LogP contribution is 2.30. The fourth-order valence-corrected chi connectivity index (χ4v) is 3.77. The molecule has 0 spiro atoms. The summed E-state index contributed by atoms with van der Waals surface area (Å²) in [6.07, 6.45) is 2.89. The largest absolute Gasteiger partial charge is 0.465 e. The lowest BCUT2D eigenvalue weighted by molar-refractivity contribution is -0.119. The molecule has 1 amide bonds. The van der Waals surface area contributed by atoms with E-state index in [2.05, 4.69) is 5.32 Å². The van der Waals surface area contributed by atoms with Crippen molar-refractivity contribution < 1.29 is 23.9 Å². The SMILES string of the molecule is COC(=O)c1c(C)c(C(=O)C(=O)NC2(C)CCOCC2)n2c1CCC2. The number of methoxy groups -OCH3 is 1. The summed E-state index contributed by atoms with van der Waals surface area (Å²) in [5.74, 6) is -1.68. The standard InChI is InChI=1S/C18H24N2O5/c1-11-13(17(23)24-3)12-5-4-8-20(12)14(11)15(21)16(22)19-18(2)6-9-25-10-7-18/h4-10H2,1-3H3,(H,19,22). The summed E-state index contributed by atoms with van der Waals surface area (Å²) in [5, 5.41) is 2.87. The molecular formula is C18H24N2O5. The van der Waals surface area contributed by atoms with Crippen LogP contribution in [0, 0.1) is 6.92 Å². The third-order valence-corrected chi connectivity index (χ3v) is 5.23. The number of ketones is 1. The lowest BCUT2D eigenvalue weighted by Gasteiger charge is -2.34. The van der Waals surface area contributed by atoms with Crippen LogP contribution in [0.1, 0.15) is 58.3 Å². The van der Waals surface area contributed by atoms with Gasteiger partial charge >= 0.3 is 5.97 Å². The van der Waals surface area contributed by atoms with Crippen LogP contribution in [0.15, 0.2) is 0 Å². The number of nitrogens with zero attached hydrogens (tertiary/aromatic N) is 1. The molecule has 1 N–H and O–H groups in total. The number of carbonyl (C=O) groups excluding carboxylic acids is 3. The first-order valence-corrected chi connectivity index (χ1v) is 8.63. The smallest absolute Gasteiger partial charge is 0.339 e. The van der Waals surface area contributed by atoms with E-state index in [0.717, 1.165) is 12.1 Å². The third kappa shape index (κ3) is 3.08. The van der Waals surface area contributed by atoms with Crippen LogP contribution in [0.4, 0.5) is 0 Å². The lowest BCUT2D eigenvalue weighted by atomic mass is 9.92. The van der Waals surface area contributed by atoms with Crippen LogP contribution in [0.5, 0.6) is 0 Å². The molecule has 3 heterocycles. The van der Waals surface area contributed by atoms with Crippen molar-refractivity contribution in [2.24, 2.45) is 0 Å². The van der Waals surface area contributed by atoms with Crippen molar-refractivity contribution in [3.05, 3.63) is 22.5 Å². The Bertz CT molecular complexity index is 728. The summed E-state index contributed by atoms with van der Waals surface area (Å²) >= 11 is 0. The second-order valence-corrected chi connectivity index (χ2v) is 7.00. The highest BCUT2D eigenvalue weighted by molar-refractivity contribution is 6.43. The molecule has 0 unspecified atom stereocenters. The molecule has 2 aliphatic heterocycles. The van der Waals surface area contributed by atoms with Gasteiger partial charge in [0, 0.05) is 31.0 Å². The maximum Gasteiger partial charge on any atom is 0.339 e. The number of esters is 1. The van der Waals surface area contributed by atoms with Crippen LogP contribution >= 0.6 is 0 Å². The Morgan fingerprint density at radius 3 is 2.56 bits per heavy atom. The zero-order valence-corrected chi connectivity index (χ0v) is 14.9. The molecule has 1 aromatic rings. The average molecular weight is 348 g/mol. The van der Waals surface area contributed by atoms with Crippen LogP contribution in [0.25, 0.3) is 0 Å². The van der Waals surface area contributed by atoms with Crippen LogP contribution in [-0.4, -0.2) is 48.1 Å². The van der Waals surface area contributed by atoms with Crippen molar-refractivity contribution in [2.75, 3.05) is 20.3 Å². The van der Waals surface area contributed by atoms with Gasteiger partial charge < -0.3 is 19.4 Å². The van der Waals surface area contributed by atoms with Crippen molar-refractivity contribution in [1.82, 2.24) is 9.88 Å². The van der Waals surface area contributed by atoms with Crippen LogP contribution < -0.4 is 5.32 Å². The minimum Gasteiger partial charge on any atom is -0.465 e. The number of ether oxygens (including phenoxy) is 2. The van der Waals surface area contributed by atoms with Crippen molar-refractivity contribution in [1.29, 1.82) is 0 Å². The molecule has 0 radical (unpaired) electrons. The zero-order valence-electron chi connectivity index (χ0n) is 14.9. The minimum atomic E-state index is -0.629. The molecule has 1 aromatic heterocycles. The van der Waals surface area contributed by atoms with E-state index in [9.17, 15) is 14.4 Å². The minimum absolute atomic E-state index is 0.307. The third-order valence-electron chi connectivity index (χ3n) is 5.23. The summed E-state index contributed by atoms with van der Waals surface area (Å²) < 4.78 is 12.0. The first-order chi connectivity index (χ1) is 11.9. The quantitative estimate of drug-likeness (QED) is 0.505. The topological polar surface area (TPSA) is 86.6 Å². The van der Waals surface area contributed by atoms with E-state index in [1.807, 2.05) is 6.92 Å². The Labute approximate surface area is 146 Å². The predicted molar refractivity (Wildman–Crippen MR) is 89.8 cm³/mol. The van der Waals surface area contributed by atoms with Crippen molar-refractivity contribution in [3.8, 4) is 0 Å². The number of nitrogens with one attached hydrogen (secondary N) is 1. The summed E-state index contributed by atoms with van der Waals surface area (Å²) in [6.45, 7) is 5.39. The molecule has 3 rings (SSSR count). The Balaban J connectivity index is 1.90. The molecule has 0 bridgehead atoms. The Hall–Kier alpha value is -2.15. The van der Waals surface area contributed by atoms with Gasteiger partial charge in [0.2, 0.25) is 0 Å². The van der Waals surface area contributed by atoms with E-state index in [4.69, 9.17) is 9.47 Å². The lowest BCUT2D eigenvalue weighted by Crippen LogP contribution is -2.51. The van der Waals surface area contributed by atoms with Gasteiger partial charge in [-0.25, -0.2) is 4.79 Å². The summed E-state index contributed by atoms with van der Waals surface area (Å²) in [6, 6.07) is 0. The van der Waals surface area contributed by atoms with E-state index >= 15 is 0 Å². The highest BCUT2D eigenvalue weighted by atomic mass is 16.5. The molecule has 0 aliphatic carbocycles. The molecule has 2 aliphatic rings. The van der Waals surface area contributed by atoms with E-state index in [1.165, 1.54) is 7.11 Å². The van der Waals surface area contributed by atoms with Crippen LogP contribution in [-0.2, 0) is 27.2 Å². The molecule has 25 heavy (non-hydrogen) atoms.